The van der Waals surface area contributed by atoms with E-state index in [1.54, 1.807) is 17.0 Å². The van der Waals surface area contributed by atoms with Gasteiger partial charge in [-0.05, 0) is 25.0 Å². The molecule has 0 saturated heterocycles. The Morgan fingerprint density at radius 1 is 1.26 bits per heavy atom. The van der Waals surface area contributed by atoms with E-state index in [0.29, 0.717) is 11.8 Å². The van der Waals surface area contributed by atoms with Crippen molar-refractivity contribution in [3.8, 4) is 0 Å². The second kappa shape index (κ2) is 4.60. The topological polar surface area (TPSA) is 29.3 Å². The van der Waals surface area contributed by atoms with Crippen LogP contribution in [-0.4, -0.2) is 11.0 Å². The lowest BCUT2D eigenvalue weighted by Gasteiger charge is -2.22. The van der Waals surface area contributed by atoms with Gasteiger partial charge < -0.3 is 9.32 Å². The molecule has 0 amide bonds. The zero-order valence-corrected chi connectivity index (χ0v) is 9.94. The minimum Gasteiger partial charge on any atom is -0.467 e. The molecular weight excluding hydrogens is 257 g/mol. The molecule has 2 heterocycles. The molecule has 0 N–H and O–H groups in total. The Kier molecular flexibility index (Phi) is 2.93. The predicted molar refractivity (Wildman–Crippen MR) is 62.0 cm³/mol. The zero-order valence-electron chi connectivity index (χ0n) is 9.94. The van der Waals surface area contributed by atoms with E-state index in [4.69, 9.17) is 4.42 Å². The zero-order chi connectivity index (χ0) is 13.4. The van der Waals surface area contributed by atoms with Crippen molar-refractivity contribution in [3.63, 3.8) is 0 Å². The molecule has 100 valence electrons. The molecule has 1 aliphatic carbocycles. The van der Waals surface area contributed by atoms with E-state index in [2.05, 4.69) is 4.98 Å². The highest BCUT2D eigenvalue weighted by molar-refractivity contribution is 5.43. The van der Waals surface area contributed by atoms with Crippen LogP contribution < -0.4 is 4.90 Å². The summed E-state index contributed by atoms with van der Waals surface area (Å²) in [6.45, 7) is 0.284. The molecule has 3 rings (SSSR count). The third kappa shape index (κ3) is 2.43. The van der Waals surface area contributed by atoms with Gasteiger partial charge in [0.15, 0.2) is 17.5 Å². The summed E-state index contributed by atoms with van der Waals surface area (Å²) in [4.78, 5) is 4.99. The Morgan fingerprint density at radius 2 is 2.05 bits per heavy atom. The van der Waals surface area contributed by atoms with Crippen LogP contribution in [0.3, 0.4) is 0 Å². The van der Waals surface area contributed by atoms with Crippen molar-refractivity contribution in [2.24, 2.45) is 0 Å². The quantitative estimate of drug-likeness (QED) is 0.797. The molecule has 19 heavy (non-hydrogen) atoms. The molecule has 0 bridgehead atoms. The maximum Gasteiger partial charge on any atom is 0.251 e. The van der Waals surface area contributed by atoms with Gasteiger partial charge in [0, 0.05) is 12.1 Å². The number of hydrogen-bond donors (Lipinski definition) is 0. The first-order chi connectivity index (χ1) is 9.15. The summed E-state index contributed by atoms with van der Waals surface area (Å²) in [6, 6.07) is 4.08. The van der Waals surface area contributed by atoms with Crippen LogP contribution in [0.15, 0.2) is 28.9 Å². The first kappa shape index (κ1) is 12.1. The van der Waals surface area contributed by atoms with E-state index in [1.807, 2.05) is 0 Å². The van der Waals surface area contributed by atoms with Gasteiger partial charge in [-0.25, -0.2) is 8.78 Å². The number of rotatable bonds is 4. The van der Waals surface area contributed by atoms with E-state index in [-0.39, 0.29) is 18.4 Å². The molecule has 1 aliphatic rings. The van der Waals surface area contributed by atoms with Crippen molar-refractivity contribution in [2.75, 3.05) is 4.90 Å². The van der Waals surface area contributed by atoms with E-state index in [9.17, 15) is 13.2 Å². The Morgan fingerprint density at radius 3 is 2.68 bits per heavy atom. The molecule has 2 aromatic heterocycles. The highest BCUT2D eigenvalue weighted by Crippen LogP contribution is 2.33. The van der Waals surface area contributed by atoms with Gasteiger partial charge in [0.1, 0.15) is 5.76 Å². The lowest BCUT2D eigenvalue weighted by molar-refractivity contribution is 0.457. The van der Waals surface area contributed by atoms with Gasteiger partial charge >= 0.3 is 0 Å². The van der Waals surface area contributed by atoms with Crippen LogP contribution in [0.1, 0.15) is 18.6 Å². The molecule has 0 atom stereocenters. The minimum atomic E-state index is -1.29. The van der Waals surface area contributed by atoms with Crippen molar-refractivity contribution in [3.05, 3.63) is 47.8 Å². The number of pyridine rings is 1. The van der Waals surface area contributed by atoms with Crippen molar-refractivity contribution in [2.45, 2.75) is 25.4 Å². The second-order valence-electron chi connectivity index (χ2n) is 4.50. The fourth-order valence-corrected chi connectivity index (χ4v) is 1.97. The van der Waals surface area contributed by atoms with Gasteiger partial charge in [-0.2, -0.15) is 9.37 Å². The molecule has 0 aliphatic heterocycles. The molecule has 2 aromatic rings. The number of anilines is 1. The van der Waals surface area contributed by atoms with Gasteiger partial charge in [0.05, 0.1) is 12.8 Å². The predicted octanol–water partition coefficient (Wildman–Crippen LogP) is 3.26. The van der Waals surface area contributed by atoms with Gasteiger partial charge in [0.25, 0.3) is 5.95 Å². The van der Waals surface area contributed by atoms with Gasteiger partial charge in [-0.15, -0.1) is 0 Å². The normalized spacial score (nSPS) is 14.7. The van der Waals surface area contributed by atoms with Crippen LogP contribution in [0.2, 0.25) is 0 Å². The van der Waals surface area contributed by atoms with Gasteiger partial charge in [0.2, 0.25) is 0 Å². The van der Waals surface area contributed by atoms with Gasteiger partial charge in [-0.3, -0.25) is 0 Å². The molecule has 6 heteroatoms. The number of nitrogens with zero attached hydrogens (tertiary/aromatic N) is 2. The largest absolute Gasteiger partial charge is 0.467 e. The Balaban J connectivity index is 1.94. The summed E-state index contributed by atoms with van der Waals surface area (Å²) in [5.74, 6) is -2.98. The average molecular weight is 268 g/mol. The highest BCUT2D eigenvalue weighted by atomic mass is 19.2. The average Bonchev–Trinajstić information content (AvgIpc) is 3.09. The molecule has 0 spiro atoms. The Labute approximate surface area is 107 Å². The van der Waals surface area contributed by atoms with Crippen molar-refractivity contribution >= 4 is 5.82 Å². The second-order valence-corrected chi connectivity index (χ2v) is 4.50. The summed E-state index contributed by atoms with van der Waals surface area (Å²) in [6.07, 6.45) is 3.26. The lowest BCUT2D eigenvalue weighted by Crippen LogP contribution is -2.27. The Hall–Kier alpha value is -1.98. The summed E-state index contributed by atoms with van der Waals surface area (Å²) >= 11 is 0. The van der Waals surface area contributed by atoms with E-state index in [0.717, 1.165) is 12.8 Å². The van der Waals surface area contributed by atoms with E-state index < -0.39 is 17.6 Å². The third-order valence-electron chi connectivity index (χ3n) is 3.03. The van der Waals surface area contributed by atoms with E-state index >= 15 is 0 Å². The molecular formula is C13H11F3N2O. The van der Waals surface area contributed by atoms with Crippen LogP contribution >= 0.6 is 0 Å². The van der Waals surface area contributed by atoms with Crippen molar-refractivity contribution < 1.29 is 17.6 Å². The number of aromatic nitrogens is 1. The third-order valence-corrected chi connectivity index (χ3v) is 3.03. The maximum absolute atomic E-state index is 13.8. The lowest BCUT2D eigenvalue weighted by atomic mass is 10.3. The van der Waals surface area contributed by atoms with Crippen molar-refractivity contribution in [1.82, 2.24) is 4.98 Å². The minimum absolute atomic E-state index is 0.0944. The Bertz CT molecular complexity index is 582. The monoisotopic (exact) mass is 268 g/mol. The van der Waals surface area contributed by atoms with Crippen molar-refractivity contribution in [1.29, 1.82) is 0 Å². The fraction of sp³-hybridized carbons (Fsp3) is 0.308. The summed E-state index contributed by atoms with van der Waals surface area (Å²) in [7, 11) is 0. The van der Waals surface area contributed by atoms with Crippen LogP contribution in [0.5, 0.6) is 0 Å². The van der Waals surface area contributed by atoms with Crippen LogP contribution in [0.25, 0.3) is 0 Å². The van der Waals surface area contributed by atoms with Crippen LogP contribution in [-0.2, 0) is 6.54 Å². The number of furan rings is 1. The number of hydrogen-bond acceptors (Lipinski definition) is 3. The summed E-state index contributed by atoms with van der Waals surface area (Å²) in [5.41, 5.74) is 0. The van der Waals surface area contributed by atoms with Crippen LogP contribution in [0, 0.1) is 17.6 Å². The standard InChI is InChI=1S/C13H11F3N2O/c14-10-6-11(15)13(17-12(10)16)18(8-3-4-8)7-9-2-1-5-19-9/h1-2,5-6,8H,3-4,7H2. The maximum atomic E-state index is 13.8. The number of halogens is 3. The van der Waals surface area contributed by atoms with Gasteiger partial charge in [-0.1, -0.05) is 0 Å². The van der Waals surface area contributed by atoms with E-state index in [1.165, 1.54) is 6.26 Å². The molecule has 3 nitrogen and oxygen atoms in total. The highest BCUT2D eigenvalue weighted by Gasteiger charge is 2.33. The summed E-state index contributed by atoms with van der Waals surface area (Å²) < 4.78 is 45.0. The molecule has 1 fully saturated rings. The molecule has 0 aromatic carbocycles. The first-order valence-electron chi connectivity index (χ1n) is 5.95. The van der Waals surface area contributed by atoms with Crippen LogP contribution in [0.4, 0.5) is 19.0 Å². The smallest absolute Gasteiger partial charge is 0.251 e. The molecule has 1 saturated carbocycles. The summed E-state index contributed by atoms with van der Waals surface area (Å²) in [5, 5.41) is 0. The SMILES string of the molecule is Fc1cc(F)c(N(Cc2ccco2)C2CC2)nc1F. The first-order valence-corrected chi connectivity index (χ1v) is 5.95. The fourth-order valence-electron chi connectivity index (χ4n) is 1.97. The molecule has 0 radical (unpaired) electrons. The molecule has 0 unspecified atom stereocenters.